The lowest BCUT2D eigenvalue weighted by Gasteiger charge is -2.21. The van der Waals surface area contributed by atoms with Gasteiger partial charge in [-0.1, -0.05) is 12.1 Å². The van der Waals surface area contributed by atoms with Gasteiger partial charge >= 0.3 is 6.18 Å². The van der Waals surface area contributed by atoms with Gasteiger partial charge in [0.1, 0.15) is 23.4 Å². The lowest BCUT2D eigenvalue weighted by atomic mass is 10.1. The Morgan fingerprint density at radius 2 is 2.00 bits per heavy atom. The van der Waals surface area contributed by atoms with Crippen LogP contribution in [0.3, 0.4) is 0 Å². The van der Waals surface area contributed by atoms with Crippen LogP contribution in [0.15, 0.2) is 52.1 Å². The van der Waals surface area contributed by atoms with Crippen molar-refractivity contribution in [1.82, 2.24) is 19.9 Å². The molecule has 0 aliphatic carbocycles. The Kier molecular flexibility index (Phi) is 4.31. The monoisotopic (exact) mass is 393 g/mol. The van der Waals surface area contributed by atoms with Crippen molar-refractivity contribution >= 4 is 28.4 Å². The van der Waals surface area contributed by atoms with Gasteiger partial charge in [-0.15, -0.1) is 0 Å². The quantitative estimate of drug-likeness (QED) is 0.627. The molecule has 6 nitrogen and oxygen atoms in total. The van der Waals surface area contributed by atoms with Gasteiger partial charge in [-0.05, 0) is 29.8 Å². The third-order valence-electron chi connectivity index (χ3n) is 3.85. The van der Waals surface area contributed by atoms with Crippen LogP contribution in [0.2, 0.25) is 5.28 Å². The third-order valence-corrected chi connectivity index (χ3v) is 4.03. The maximum absolute atomic E-state index is 13.2. The fourth-order valence-electron chi connectivity index (χ4n) is 2.62. The zero-order valence-corrected chi connectivity index (χ0v) is 14.4. The summed E-state index contributed by atoms with van der Waals surface area (Å²) >= 11 is 5.66. The molecular formula is C17H11ClF3N5O. The number of aliphatic imine (C=N–C) groups is 1. The number of nitrogens with zero attached hydrogens (tertiary/aromatic N) is 5. The fraction of sp³-hybridized carbons (Fsp3) is 0.176. The molecule has 3 heterocycles. The number of alkyl halides is 3. The van der Waals surface area contributed by atoms with E-state index >= 15 is 0 Å². The number of benzene rings is 1. The summed E-state index contributed by atoms with van der Waals surface area (Å²) in [5, 5.41) is -0.275. The van der Waals surface area contributed by atoms with Crippen molar-refractivity contribution in [2.75, 3.05) is 6.67 Å². The van der Waals surface area contributed by atoms with Crippen LogP contribution in [0, 0.1) is 0 Å². The van der Waals surface area contributed by atoms with Gasteiger partial charge in [-0.25, -0.2) is 15.0 Å². The van der Waals surface area contributed by atoms with Gasteiger partial charge in [-0.3, -0.25) is 4.99 Å². The van der Waals surface area contributed by atoms with Crippen molar-refractivity contribution in [2.45, 2.75) is 12.7 Å². The number of halogens is 4. The first-order chi connectivity index (χ1) is 12.9. The SMILES string of the molecule is FC(F)(F)c1cnc(Cl)nc1C1=NCN(Cc2nc3ccccc3o2)C=C1. The normalized spacial score (nSPS) is 14.7. The maximum atomic E-state index is 13.2. The second kappa shape index (κ2) is 6.66. The van der Waals surface area contributed by atoms with E-state index in [1.807, 2.05) is 24.3 Å². The molecule has 2 aromatic heterocycles. The standard InChI is InChI=1S/C17H11ClF3N5O/c18-16-22-7-10(17(19,20)21)15(25-16)12-5-6-26(9-23-12)8-14-24-11-3-1-2-4-13(11)27-14/h1-7H,8-9H2. The topological polar surface area (TPSA) is 67.4 Å². The molecule has 1 aliphatic rings. The van der Waals surface area contributed by atoms with Crippen LogP contribution < -0.4 is 0 Å². The van der Waals surface area contributed by atoms with Crippen LogP contribution in [0.1, 0.15) is 17.1 Å². The molecule has 0 fully saturated rings. The van der Waals surface area contributed by atoms with Crippen LogP contribution in [-0.2, 0) is 12.7 Å². The average Bonchev–Trinajstić information content (AvgIpc) is 3.03. The summed E-state index contributed by atoms with van der Waals surface area (Å²) in [7, 11) is 0. The van der Waals surface area contributed by atoms with E-state index in [4.69, 9.17) is 16.0 Å². The van der Waals surface area contributed by atoms with Gasteiger partial charge in [0.25, 0.3) is 0 Å². The highest BCUT2D eigenvalue weighted by molar-refractivity contribution is 6.28. The van der Waals surface area contributed by atoms with Gasteiger partial charge in [-0.2, -0.15) is 13.2 Å². The van der Waals surface area contributed by atoms with Crippen molar-refractivity contribution < 1.29 is 17.6 Å². The molecule has 0 spiro atoms. The van der Waals surface area contributed by atoms with Crippen molar-refractivity contribution in [3.63, 3.8) is 0 Å². The van der Waals surface area contributed by atoms with E-state index in [9.17, 15) is 13.2 Å². The second-order valence-corrected chi connectivity index (χ2v) is 6.06. The minimum absolute atomic E-state index is 0.0837. The Labute approximate surface area is 156 Å². The van der Waals surface area contributed by atoms with Crippen molar-refractivity contribution in [1.29, 1.82) is 0 Å². The Morgan fingerprint density at radius 3 is 2.70 bits per heavy atom. The van der Waals surface area contributed by atoms with Gasteiger partial charge < -0.3 is 9.32 Å². The highest BCUT2D eigenvalue weighted by atomic mass is 35.5. The summed E-state index contributed by atoms with van der Waals surface area (Å²) in [6.07, 6.45) is -0.884. The lowest BCUT2D eigenvalue weighted by Crippen LogP contribution is -2.24. The minimum atomic E-state index is -4.61. The largest absolute Gasteiger partial charge is 0.439 e. The zero-order chi connectivity index (χ0) is 19.0. The molecule has 0 saturated carbocycles. The van der Waals surface area contributed by atoms with Crippen LogP contribution >= 0.6 is 11.6 Å². The van der Waals surface area contributed by atoms with E-state index in [1.54, 1.807) is 11.1 Å². The molecule has 10 heteroatoms. The number of hydrogen-bond donors (Lipinski definition) is 0. The molecule has 0 saturated heterocycles. The van der Waals surface area contributed by atoms with Crippen LogP contribution in [0.5, 0.6) is 0 Å². The summed E-state index contributed by atoms with van der Waals surface area (Å²) in [6.45, 7) is 0.460. The Morgan fingerprint density at radius 1 is 1.19 bits per heavy atom. The number of oxazole rings is 1. The number of hydrogen-bond acceptors (Lipinski definition) is 6. The molecule has 0 N–H and O–H groups in total. The predicted molar refractivity (Wildman–Crippen MR) is 92.1 cm³/mol. The molecule has 138 valence electrons. The van der Waals surface area contributed by atoms with Crippen LogP contribution in [0.25, 0.3) is 11.1 Å². The molecule has 3 aromatic rings. The smallest absolute Gasteiger partial charge is 0.420 e. The number of aromatic nitrogens is 3. The summed E-state index contributed by atoms with van der Waals surface area (Å²) in [4.78, 5) is 17.4. The van der Waals surface area contributed by atoms with Crippen molar-refractivity contribution in [2.24, 2.45) is 4.99 Å². The van der Waals surface area contributed by atoms with Crippen LogP contribution in [-0.4, -0.2) is 32.2 Å². The first-order valence-electron chi connectivity index (χ1n) is 7.81. The molecule has 0 bridgehead atoms. The fourth-order valence-corrected chi connectivity index (χ4v) is 2.76. The molecule has 0 radical (unpaired) electrons. The molecule has 0 unspecified atom stereocenters. The van der Waals surface area contributed by atoms with E-state index in [1.165, 1.54) is 6.08 Å². The zero-order valence-electron chi connectivity index (χ0n) is 13.6. The van der Waals surface area contributed by atoms with Crippen molar-refractivity contribution in [3.05, 3.63) is 65.2 Å². The van der Waals surface area contributed by atoms with E-state index in [0.717, 1.165) is 5.52 Å². The maximum Gasteiger partial charge on any atom is 0.420 e. The van der Waals surface area contributed by atoms with Gasteiger partial charge in [0.2, 0.25) is 11.2 Å². The van der Waals surface area contributed by atoms with Gasteiger partial charge in [0, 0.05) is 12.4 Å². The van der Waals surface area contributed by atoms with Crippen molar-refractivity contribution in [3.8, 4) is 0 Å². The first-order valence-corrected chi connectivity index (χ1v) is 8.19. The number of allylic oxidation sites excluding steroid dienone is 1. The summed E-state index contributed by atoms with van der Waals surface area (Å²) in [5.74, 6) is 0.487. The highest BCUT2D eigenvalue weighted by Crippen LogP contribution is 2.32. The Bertz CT molecular complexity index is 1030. The Balaban J connectivity index is 1.54. The number of rotatable bonds is 3. The average molecular weight is 394 g/mol. The Hall–Kier alpha value is -2.94. The van der Waals surface area contributed by atoms with E-state index in [0.29, 0.717) is 24.2 Å². The van der Waals surface area contributed by atoms with Gasteiger partial charge in [0.05, 0.1) is 12.3 Å². The summed E-state index contributed by atoms with van der Waals surface area (Å²) in [6, 6.07) is 7.35. The molecule has 0 amide bonds. The van der Waals surface area contributed by atoms with E-state index in [2.05, 4.69) is 19.9 Å². The second-order valence-electron chi connectivity index (χ2n) is 5.72. The third kappa shape index (κ3) is 3.63. The summed E-state index contributed by atoms with van der Waals surface area (Å²) < 4.78 is 45.1. The highest BCUT2D eigenvalue weighted by Gasteiger charge is 2.36. The summed E-state index contributed by atoms with van der Waals surface area (Å²) in [5.41, 5.74) is 0.162. The number of fused-ring (bicyclic) bond motifs is 1. The molecular weight excluding hydrogens is 383 g/mol. The van der Waals surface area contributed by atoms with E-state index < -0.39 is 11.7 Å². The molecule has 4 rings (SSSR count). The molecule has 0 atom stereocenters. The first kappa shape index (κ1) is 17.5. The molecule has 1 aromatic carbocycles. The van der Waals surface area contributed by atoms with E-state index in [-0.39, 0.29) is 23.4 Å². The minimum Gasteiger partial charge on any atom is -0.439 e. The lowest BCUT2D eigenvalue weighted by molar-refractivity contribution is -0.138. The molecule has 27 heavy (non-hydrogen) atoms. The van der Waals surface area contributed by atoms with Crippen LogP contribution in [0.4, 0.5) is 13.2 Å². The predicted octanol–water partition coefficient (Wildman–Crippen LogP) is 4.07. The van der Waals surface area contributed by atoms with Gasteiger partial charge in [0.15, 0.2) is 5.58 Å². The number of para-hydroxylation sites is 2. The molecule has 1 aliphatic heterocycles.